The SMILES string of the molecule is CNC(=O)c1ccc(NC2CCCCCC2N)nn1. The fourth-order valence-corrected chi connectivity index (χ4v) is 2.36. The number of nitrogens with two attached hydrogens (primary N) is 1. The van der Waals surface area contributed by atoms with E-state index in [9.17, 15) is 4.79 Å². The van der Waals surface area contributed by atoms with Crippen molar-refractivity contribution in [3.05, 3.63) is 17.8 Å². The van der Waals surface area contributed by atoms with Crippen molar-refractivity contribution >= 4 is 11.7 Å². The fourth-order valence-electron chi connectivity index (χ4n) is 2.36. The molecule has 2 atom stereocenters. The molecule has 0 saturated heterocycles. The highest BCUT2D eigenvalue weighted by Gasteiger charge is 2.20. The number of amides is 1. The van der Waals surface area contributed by atoms with Gasteiger partial charge in [-0.15, -0.1) is 10.2 Å². The maximum absolute atomic E-state index is 11.4. The molecular formula is C13H21N5O. The van der Waals surface area contributed by atoms with E-state index in [1.54, 1.807) is 19.2 Å². The van der Waals surface area contributed by atoms with Crippen molar-refractivity contribution in [2.75, 3.05) is 12.4 Å². The number of hydrogen-bond acceptors (Lipinski definition) is 5. The summed E-state index contributed by atoms with van der Waals surface area (Å²) >= 11 is 0. The van der Waals surface area contributed by atoms with Crippen molar-refractivity contribution < 1.29 is 4.79 Å². The monoisotopic (exact) mass is 263 g/mol. The number of rotatable bonds is 3. The van der Waals surface area contributed by atoms with Gasteiger partial charge in [0.15, 0.2) is 5.69 Å². The largest absolute Gasteiger partial charge is 0.364 e. The molecule has 6 heteroatoms. The van der Waals surface area contributed by atoms with Crippen molar-refractivity contribution in [1.29, 1.82) is 0 Å². The molecule has 1 amide bonds. The van der Waals surface area contributed by atoms with Gasteiger partial charge in [-0.2, -0.15) is 0 Å². The van der Waals surface area contributed by atoms with Crippen LogP contribution in [0.4, 0.5) is 5.82 Å². The minimum absolute atomic E-state index is 0.155. The maximum Gasteiger partial charge on any atom is 0.271 e. The van der Waals surface area contributed by atoms with Crippen LogP contribution in [0, 0.1) is 0 Å². The first-order valence-electron chi connectivity index (χ1n) is 6.78. The molecule has 4 N–H and O–H groups in total. The predicted molar refractivity (Wildman–Crippen MR) is 73.9 cm³/mol. The molecular weight excluding hydrogens is 242 g/mol. The molecule has 2 rings (SSSR count). The standard InChI is InChI=1S/C13H21N5O/c1-15-13(19)11-7-8-12(18-17-11)16-10-6-4-2-3-5-9(10)14/h7-10H,2-6,14H2,1H3,(H,15,19)(H,16,18). The zero-order chi connectivity index (χ0) is 13.7. The van der Waals surface area contributed by atoms with Gasteiger partial charge in [0, 0.05) is 19.1 Å². The topological polar surface area (TPSA) is 92.9 Å². The van der Waals surface area contributed by atoms with Gasteiger partial charge >= 0.3 is 0 Å². The van der Waals surface area contributed by atoms with Crippen LogP contribution in [-0.2, 0) is 0 Å². The first-order chi connectivity index (χ1) is 9.20. The Kier molecular flexibility index (Phi) is 4.68. The van der Waals surface area contributed by atoms with Gasteiger partial charge in [0.2, 0.25) is 0 Å². The Morgan fingerprint density at radius 2 is 2.05 bits per heavy atom. The highest BCUT2D eigenvalue weighted by Crippen LogP contribution is 2.19. The van der Waals surface area contributed by atoms with Crippen LogP contribution in [0.3, 0.4) is 0 Å². The normalized spacial score (nSPS) is 23.5. The van der Waals surface area contributed by atoms with Crippen LogP contribution < -0.4 is 16.4 Å². The molecule has 1 aliphatic carbocycles. The molecule has 1 aromatic heterocycles. The van der Waals surface area contributed by atoms with E-state index in [-0.39, 0.29) is 18.0 Å². The van der Waals surface area contributed by atoms with Crippen LogP contribution in [0.15, 0.2) is 12.1 Å². The zero-order valence-corrected chi connectivity index (χ0v) is 11.2. The van der Waals surface area contributed by atoms with E-state index < -0.39 is 0 Å². The van der Waals surface area contributed by atoms with Crippen molar-refractivity contribution in [2.24, 2.45) is 5.73 Å². The smallest absolute Gasteiger partial charge is 0.271 e. The highest BCUT2D eigenvalue weighted by atomic mass is 16.1. The second kappa shape index (κ2) is 6.47. The minimum Gasteiger partial charge on any atom is -0.364 e. The van der Waals surface area contributed by atoms with Crippen LogP contribution in [0.1, 0.15) is 42.6 Å². The molecule has 0 spiro atoms. The molecule has 1 saturated carbocycles. The van der Waals surface area contributed by atoms with Crippen LogP contribution >= 0.6 is 0 Å². The minimum atomic E-state index is -0.231. The van der Waals surface area contributed by atoms with Gasteiger partial charge in [-0.1, -0.05) is 19.3 Å². The summed E-state index contributed by atoms with van der Waals surface area (Å²) in [5, 5.41) is 13.8. The summed E-state index contributed by atoms with van der Waals surface area (Å²) in [4.78, 5) is 11.4. The average molecular weight is 263 g/mol. The number of carbonyl (C=O) groups is 1. The van der Waals surface area contributed by atoms with Crippen LogP contribution in [0.5, 0.6) is 0 Å². The van der Waals surface area contributed by atoms with Crippen molar-refractivity contribution in [3.8, 4) is 0 Å². The van der Waals surface area contributed by atoms with E-state index >= 15 is 0 Å². The summed E-state index contributed by atoms with van der Waals surface area (Å²) in [6.45, 7) is 0. The van der Waals surface area contributed by atoms with E-state index in [1.807, 2.05) is 0 Å². The third kappa shape index (κ3) is 3.64. The number of nitrogens with zero attached hydrogens (tertiary/aromatic N) is 2. The van der Waals surface area contributed by atoms with Gasteiger partial charge < -0.3 is 16.4 Å². The lowest BCUT2D eigenvalue weighted by molar-refractivity contribution is 0.0957. The Balaban J connectivity index is 2.00. The average Bonchev–Trinajstić information content (AvgIpc) is 2.64. The zero-order valence-electron chi connectivity index (χ0n) is 11.2. The molecule has 1 heterocycles. The van der Waals surface area contributed by atoms with E-state index in [4.69, 9.17) is 5.73 Å². The number of carbonyl (C=O) groups excluding carboxylic acids is 1. The summed E-state index contributed by atoms with van der Waals surface area (Å²) in [5.41, 5.74) is 6.47. The Bertz CT molecular complexity index is 420. The van der Waals surface area contributed by atoms with E-state index in [0.717, 1.165) is 12.8 Å². The number of aromatic nitrogens is 2. The second-order valence-corrected chi connectivity index (χ2v) is 4.94. The summed E-state index contributed by atoms with van der Waals surface area (Å²) in [7, 11) is 1.57. The third-order valence-electron chi connectivity index (χ3n) is 3.53. The summed E-state index contributed by atoms with van der Waals surface area (Å²) in [6, 6.07) is 3.83. The lowest BCUT2D eigenvalue weighted by atomic mass is 10.0. The van der Waals surface area contributed by atoms with Gasteiger partial charge in [-0.3, -0.25) is 4.79 Å². The molecule has 1 aliphatic rings. The molecule has 0 bridgehead atoms. The van der Waals surface area contributed by atoms with Gasteiger partial charge in [0.25, 0.3) is 5.91 Å². The summed E-state index contributed by atoms with van der Waals surface area (Å²) in [5.74, 6) is 0.445. The van der Waals surface area contributed by atoms with Crippen molar-refractivity contribution in [3.63, 3.8) is 0 Å². The van der Waals surface area contributed by atoms with Crippen LogP contribution in [-0.4, -0.2) is 35.2 Å². The van der Waals surface area contributed by atoms with Crippen LogP contribution in [0.2, 0.25) is 0 Å². The molecule has 0 aromatic carbocycles. The Labute approximate surface area is 113 Å². The molecule has 0 radical (unpaired) electrons. The van der Waals surface area contributed by atoms with Gasteiger partial charge in [-0.05, 0) is 25.0 Å². The highest BCUT2D eigenvalue weighted by molar-refractivity contribution is 5.91. The van der Waals surface area contributed by atoms with Gasteiger partial charge in [0.05, 0.1) is 0 Å². The molecule has 2 unspecified atom stereocenters. The Morgan fingerprint density at radius 1 is 1.26 bits per heavy atom. The molecule has 19 heavy (non-hydrogen) atoms. The van der Waals surface area contributed by atoms with E-state index in [0.29, 0.717) is 11.5 Å². The first kappa shape index (κ1) is 13.7. The summed E-state index contributed by atoms with van der Waals surface area (Å²) in [6.07, 6.45) is 5.73. The maximum atomic E-state index is 11.4. The number of anilines is 1. The quantitative estimate of drug-likeness (QED) is 0.705. The fraction of sp³-hybridized carbons (Fsp3) is 0.615. The van der Waals surface area contributed by atoms with Gasteiger partial charge in [0.1, 0.15) is 5.82 Å². The predicted octanol–water partition coefficient (Wildman–Crippen LogP) is 0.908. The van der Waals surface area contributed by atoms with E-state index in [2.05, 4.69) is 20.8 Å². The molecule has 104 valence electrons. The van der Waals surface area contributed by atoms with Crippen molar-refractivity contribution in [2.45, 2.75) is 44.2 Å². The molecule has 6 nitrogen and oxygen atoms in total. The van der Waals surface area contributed by atoms with E-state index in [1.165, 1.54) is 19.3 Å². The Hall–Kier alpha value is -1.69. The summed E-state index contributed by atoms with van der Waals surface area (Å²) < 4.78 is 0. The second-order valence-electron chi connectivity index (χ2n) is 4.94. The Morgan fingerprint density at radius 3 is 2.74 bits per heavy atom. The van der Waals surface area contributed by atoms with Gasteiger partial charge in [-0.25, -0.2) is 0 Å². The first-order valence-corrected chi connectivity index (χ1v) is 6.78. The third-order valence-corrected chi connectivity index (χ3v) is 3.53. The molecule has 1 aromatic rings. The number of nitrogens with one attached hydrogen (secondary N) is 2. The molecule has 0 aliphatic heterocycles. The van der Waals surface area contributed by atoms with Crippen LogP contribution in [0.25, 0.3) is 0 Å². The lowest BCUT2D eigenvalue weighted by Gasteiger charge is -2.22. The number of hydrogen-bond donors (Lipinski definition) is 3. The van der Waals surface area contributed by atoms with Crippen molar-refractivity contribution in [1.82, 2.24) is 15.5 Å². The lowest BCUT2D eigenvalue weighted by Crippen LogP contribution is -2.39. The molecule has 1 fully saturated rings.